The lowest BCUT2D eigenvalue weighted by atomic mass is 10.1. The minimum Gasteiger partial charge on any atom is -0.381 e. The molecule has 0 aromatic rings. The first-order valence-electron chi connectivity index (χ1n) is 10.4. The Morgan fingerprint density at radius 2 is 1.33 bits per heavy atom. The highest BCUT2D eigenvalue weighted by Gasteiger charge is 1.95. The molecule has 1 unspecified atom stereocenters. The summed E-state index contributed by atoms with van der Waals surface area (Å²) in [6.45, 7) is 6.01. The molecule has 0 heterocycles. The van der Waals surface area contributed by atoms with Crippen molar-refractivity contribution in [3.63, 3.8) is 0 Å². The normalized spacial score (nSPS) is 13.3. The molecule has 0 spiro atoms. The van der Waals surface area contributed by atoms with E-state index in [-0.39, 0.29) is 6.04 Å². The molecule has 0 aromatic carbocycles. The van der Waals surface area contributed by atoms with Gasteiger partial charge in [0.2, 0.25) is 0 Å². The third-order valence-corrected chi connectivity index (χ3v) is 4.21. The Balaban J connectivity index is 3.12. The van der Waals surface area contributed by atoms with Gasteiger partial charge < -0.3 is 10.5 Å². The highest BCUT2D eigenvalue weighted by Crippen LogP contribution is 2.08. The molecular formula is C22H43NO. The summed E-state index contributed by atoms with van der Waals surface area (Å²) < 4.78 is 5.57. The number of rotatable bonds is 18. The minimum absolute atomic E-state index is 0.265. The number of hydrogen-bond donors (Lipinski definition) is 1. The largest absolute Gasteiger partial charge is 0.381 e. The van der Waals surface area contributed by atoms with E-state index in [1.807, 2.05) is 6.92 Å². The van der Waals surface area contributed by atoms with Crippen molar-refractivity contribution in [3.05, 3.63) is 24.3 Å². The van der Waals surface area contributed by atoms with Gasteiger partial charge in [-0.1, -0.05) is 69.8 Å². The molecule has 0 saturated heterocycles. The van der Waals surface area contributed by atoms with Crippen LogP contribution < -0.4 is 5.73 Å². The molecule has 2 heteroatoms. The zero-order valence-electron chi connectivity index (χ0n) is 16.5. The second-order valence-electron chi connectivity index (χ2n) is 6.96. The van der Waals surface area contributed by atoms with Crippen molar-refractivity contribution in [2.24, 2.45) is 5.73 Å². The highest BCUT2D eigenvalue weighted by molar-refractivity contribution is 4.92. The van der Waals surface area contributed by atoms with Crippen molar-refractivity contribution in [1.29, 1.82) is 0 Å². The Morgan fingerprint density at radius 3 is 1.96 bits per heavy atom. The van der Waals surface area contributed by atoms with Crippen molar-refractivity contribution < 1.29 is 4.74 Å². The average molecular weight is 338 g/mol. The van der Waals surface area contributed by atoms with Gasteiger partial charge in [-0.05, 0) is 51.9 Å². The monoisotopic (exact) mass is 337 g/mol. The van der Waals surface area contributed by atoms with Crippen molar-refractivity contribution in [2.45, 2.75) is 103 Å². The van der Waals surface area contributed by atoms with Crippen LogP contribution in [0, 0.1) is 0 Å². The van der Waals surface area contributed by atoms with Crippen LogP contribution in [0.3, 0.4) is 0 Å². The number of hydrogen-bond acceptors (Lipinski definition) is 2. The molecule has 2 nitrogen and oxygen atoms in total. The van der Waals surface area contributed by atoms with Gasteiger partial charge in [0, 0.05) is 19.3 Å². The average Bonchev–Trinajstić information content (AvgIpc) is 2.56. The van der Waals surface area contributed by atoms with Gasteiger partial charge in [0.15, 0.2) is 0 Å². The first-order chi connectivity index (χ1) is 11.8. The van der Waals surface area contributed by atoms with E-state index in [0.717, 1.165) is 26.1 Å². The van der Waals surface area contributed by atoms with Crippen molar-refractivity contribution in [3.8, 4) is 0 Å². The molecule has 0 aliphatic heterocycles. The molecule has 0 amide bonds. The topological polar surface area (TPSA) is 35.2 Å². The maximum atomic E-state index is 5.68. The molecule has 142 valence electrons. The molecule has 0 fully saturated rings. The van der Waals surface area contributed by atoms with Crippen LogP contribution >= 0.6 is 0 Å². The van der Waals surface area contributed by atoms with Gasteiger partial charge in [-0.15, -0.1) is 0 Å². The van der Waals surface area contributed by atoms with Crippen LogP contribution in [0.5, 0.6) is 0 Å². The molecule has 24 heavy (non-hydrogen) atoms. The molecule has 2 N–H and O–H groups in total. The zero-order valence-corrected chi connectivity index (χ0v) is 16.5. The van der Waals surface area contributed by atoms with Gasteiger partial charge in [-0.2, -0.15) is 0 Å². The lowest BCUT2D eigenvalue weighted by Crippen LogP contribution is -2.17. The van der Waals surface area contributed by atoms with Crippen LogP contribution in [-0.4, -0.2) is 19.3 Å². The first kappa shape index (κ1) is 23.4. The molecule has 1 atom stereocenters. The highest BCUT2D eigenvalue weighted by atomic mass is 16.5. The number of allylic oxidation sites excluding steroid dienone is 4. The van der Waals surface area contributed by atoms with Crippen LogP contribution in [0.25, 0.3) is 0 Å². The Labute approximate surface area is 151 Å². The Hall–Kier alpha value is -0.600. The van der Waals surface area contributed by atoms with Crippen LogP contribution in [0.1, 0.15) is 97.3 Å². The molecule has 0 bridgehead atoms. The van der Waals surface area contributed by atoms with Gasteiger partial charge in [0.25, 0.3) is 0 Å². The van der Waals surface area contributed by atoms with Crippen molar-refractivity contribution >= 4 is 0 Å². The van der Waals surface area contributed by atoms with Gasteiger partial charge in [0.1, 0.15) is 0 Å². The van der Waals surface area contributed by atoms with E-state index >= 15 is 0 Å². The summed E-state index contributed by atoms with van der Waals surface area (Å²) in [4.78, 5) is 0. The maximum Gasteiger partial charge on any atom is 0.0480 e. The molecule has 0 rings (SSSR count). The van der Waals surface area contributed by atoms with Crippen LogP contribution in [0.2, 0.25) is 0 Å². The van der Waals surface area contributed by atoms with E-state index in [1.54, 1.807) is 0 Å². The number of nitrogens with two attached hydrogens (primary N) is 1. The second-order valence-corrected chi connectivity index (χ2v) is 6.96. The molecule has 0 aliphatic rings. The third kappa shape index (κ3) is 21.4. The van der Waals surface area contributed by atoms with Gasteiger partial charge in [-0.3, -0.25) is 0 Å². The molecule has 0 aromatic heterocycles. The summed E-state index contributed by atoms with van der Waals surface area (Å²) in [5.41, 5.74) is 5.68. The smallest absolute Gasteiger partial charge is 0.0480 e. The fourth-order valence-electron chi connectivity index (χ4n) is 2.56. The number of unbranched alkanes of at least 4 members (excludes halogenated alkanes) is 9. The van der Waals surface area contributed by atoms with E-state index in [2.05, 4.69) is 31.2 Å². The lowest BCUT2D eigenvalue weighted by molar-refractivity contribution is 0.124. The molecule has 0 aliphatic carbocycles. The van der Waals surface area contributed by atoms with Gasteiger partial charge in [0.05, 0.1) is 0 Å². The van der Waals surface area contributed by atoms with Gasteiger partial charge in [-0.25, -0.2) is 0 Å². The SMILES string of the molecule is CCCCC/C=C\C/C=C\CCCCCCCCOCCC(C)N. The van der Waals surface area contributed by atoms with Crippen molar-refractivity contribution in [2.75, 3.05) is 13.2 Å². The summed E-state index contributed by atoms with van der Waals surface area (Å²) in [6.07, 6.45) is 25.8. The quantitative estimate of drug-likeness (QED) is 0.227. The predicted molar refractivity (Wildman–Crippen MR) is 108 cm³/mol. The second kappa shape index (κ2) is 20.4. The summed E-state index contributed by atoms with van der Waals surface area (Å²) >= 11 is 0. The Kier molecular flexibility index (Phi) is 19.9. The minimum atomic E-state index is 0.265. The summed E-state index contributed by atoms with van der Waals surface area (Å²) in [5.74, 6) is 0. The van der Waals surface area contributed by atoms with E-state index in [4.69, 9.17) is 10.5 Å². The standard InChI is InChI=1S/C22H43NO/c1-3-4-5-6-7-8-9-10-11-12-13-14-15-16-17-18-20-24-21-19-22(2)23/h7-8,10-11,22H,3-6,9,12-21,23H2,1-2H3/b8-7-,11-10-. The van der Waals surface area contributed by atoms with Crippen molar-refractivity contribution in [1.82, 2.24) is 0 Å². The van der Waals surface area contributed by atoms with Crippen LogP contribution in [-0.2, 0) is 4.74 Å². The third-order valence-electron chi connectivity index (χ3n) is 4.21. The fourth-order valence-corrected chi connectivity index (χ4v) is 2.56. The van der Waals surface area contributed by atoms with Gasteiger partial charge >= 0.3 is 0 Å². The number of ether oxygens (including phenoxy) is 1. The van der Waals surface area contributed by atoms with Crippen LogP contribution in [0.4, 0.5) is 0 Å². The Bertz CT molecular complexity index is 284. The van der Waals surface area contributed by atoms with E-state index in [1.165, 1.54) is 70.6 Å². The van der Waals surface area contributed by atoms with E-state index < -0.39 is 0 Å². The summed E-state index contributed by atoms with van der Waals surface area (Å²) in [7, 11) is 0. The van der Waals surface area contributed by atoms with Crippen LogP contribution in [0.15, 0.2) is 24.3 Å². The molecule has 0 saturated carbocycles. The Morgan fingerprint density at radius 1 is 0.750 bits per heavy atom. The summed E-state index contributed by atoms with van der Waals surface area (Å²) in [6, 6.07) is 0.265. The first-order valence-corrected chi connectivity index (χ1v) is 10.4. The maximum absolute atomic E-state index is 5.68. The molecular weight excluding hydrogens is 294 g/mol. The lowest BCUT2D eigenvalue weighted by Gasteiger charge is -2.06. The van der Waals surface area contributed by atoms with E-state index in [9.17, 15) is 0 Å². The molecule has 0 radical (unpaired) electrons. The zero-order chi connectivity index (χ0) is 17.7. The van der Waals surface area contributed by atoms with E-state index in [0.29, 0.717) is 0 Å². The predicted octanol–water partition coefficient (Wildman–Crippen LogP) is 6.55. The fraction of sp³-hybridized carbons (Fsp3) is 0.818. The summed E-state index contributed by atoms with van der Waals surface area (Å²) in [5, 5.41) is 0.